The topological polar surface area (TPSA) is 61.4 Å². The van der Waals surface area contributed by atoms with Crippen molar-refractivity contribution in [1.29, 1.82) is 0 Å². The summed E-state index contributed by atoms with van der Waals surface area (Å²) >= 11 is 13.2. The molecule has 4 rings (SSSR count). The van der Waals surface area contributed by atoms with Crippen molar-refractivity contribution < 1.29 is 4.79 Å². The lowest BCUT2D eigenvalue weighted by Gasteiger charge is -2.35. The van der Waals surface area contributed by atoms with E-state index >= 15 is 0 Å². The lowest BCUT2D eigenvalue weighted by atomic mass is 10.2. The SMILES string of the molecule is O=C(CN1CCN(c2ccc(Cl)c(Cl)c2)CC1)Nc1cccc2nsnc12. The summed E-state index contributed by atoms with van der Waals surface area (Å²) in [7, 11) is 0. The average Bonchev–Trinajstić information content (AvgIpc) is 3.14. The second-order valence-corrected chi connectivity index (χ2v) is 7.69. The van der Waals surface area contributed by atoms with E-state index in [-0.39, 0.29) is 5.91 Å². The van der Waals surface area contributed by atoms with Gasteiger partial charge in [-0.25, -0.2) is 0 Å². The summed E-state index contributed by atoms with van der Waals surface area (Å²) in [6.07, 6.45) is 0. The molecule has 0 unspecified atom stereocenters. The number of halogens is 2. The standard InChI is InChI=1S/C18H17Cl2N5OS/c19-13-5-4-12(10-14(13)20)25-8-6-24(7-9-25)11-17(26)21-15-2-1-3-16-18(15)23-27-22-16/h1-5,10H,6-9,11H2,(H,21,26). The van der Waals surface area contributed by atoms with Gasteiger partial charge in [0.05, 0.1) is 34.0 Å². The zero-order valence-electron chi connectivity index (χ0n) is 14.4. The minimum atomic E-state index is -0.0431. The van der Waals surface area contributed by atoms with Crippen LogP contribution in [0.15, 0.2) is 36.4 Å². The van der Waals surface area contributed by atoms with Gasteiger partial charge in [-0.1, -0.05) is 29.3 Å². The van der Waals surface area contributed by atoms with Gasteiger partial charge in [0.25, 0.3) is 0 Å². The Kier molecular flexibility index (Phi) is 5.45. The lowest BCUT2D eigenvalue weighted by molar-refractivity contribution is -0.117. The van der Waals surface area contributed by atoms with Crippen molar-refractivity contribution in [3.05, 3.63) is 46.4 Å². The molecule has 1 aliphatic rings. The van der Waals surface area contributed by atoms with Gasteiger partial charge >= 0.3 is 0 Å². The maximum atomic E-state index is 12.4. The van der Waals surface area contributed by atoms with Crippen LogP contribution in [0.4, 0.5) is 11.4 Å². The van der Waals surface area contributed by atoms with Crippen molar-refractivity contribution >= 4 is 63.2 Å². The number of nitrogens with one attached hydrogen (secondary N) is 1. The maximum Gasteiger partial charge on any atom is 0.238 e. The van der Waals surface area contributed by atoms with Crippen LogP contribution in [0.5, 0.6) is 0 Å². The molecule has 0 atom stereocenters. The van der Waals surface area contributed by atoms with Crippen LogP contribution in [0.1, 0.15) is 0 Å². The van der Waals surface area contributed by atoms with Gasteiger partial charge in [0.15, 0.2) is 0 Å². The summed E-state index contributed by atoms with van der Waals surface area (Å²) in [5.74, 6) is -0.0431. The zero-order chi connectivity index (χ0) is 18.8. The highest BCUT2D eigenvalue weighted by atomic mass is 35.5. The number of carbonyl (C=O) groups excluding carboxylic acids is 1. The molecule has 2 heterocycles. The minimum Gasteiger partial charge on any atom is -0.369 e. The second-order valence-electron chi connectivity index (χ2n) is 6.35. The average molecular weight is 422 g/mol. The van der Waals surface area contributed by atoms with Crippen molar-refractivity contribution in [3.8, 4) is 0 Å². The van der Waals surface area contributed by atoms with Crippen molar-refractivity contribution in [2.75, 3.05) is 42.9 Å². The number of carbonyl (C=O) groups is 1. The van der Waals surface area contributed by atoms with E-state index in [1.54, 1.807) is 0 Å². The van der Waals surface area contributed by atoms with Gasteiger partial charge in [-0.15, -0.1) is 0 Å². The van der Waals surface area contributed by atoms with Crippen molar-refractivity contribution in [3.63, 3.8) is 0 Å². The molecule has 1 fully saturated rings. The molecule has 1 amide bonds. The third kappa shape index (κ3) is 4.16. The van der Waals surface area contributed by atoms with E-state index in [0.29, 0.717) is 22.3 Å². The van der Waals surface area contributed by atoms with E-state index in [1.807, 2.05) is 36.4 Å². The molecular formula is C18H17Cl2N5OS. The number of rotatable bonds is 4. The summed E-state index contributed by atoms with van der Waals surface area (Å²) in [6, 6.07) is 11.3. The number of fused-ring (bicyclic) bond motifs is 1. The Labute approximate surface area is 171 Å². The molecular weight excluding hydrogens is 405 g/mol. The molecule has 0 spiro atoms. The van der Waals surface area contributed by atoms with Crippen LogP contribution in [0, 0.1) is 0 Å². The molecule has 140 valence electrons. The zero-order valence-corrected chi connectivity index (χ0v) is 16.7. The molecule has 1 N–H and O–H groups in total. The van der Waals surface area contributed by atoms with Crippen LogP contribution in [0.2, 0.25) is 10.0 Å². The Morgan fingerprint density at radius 2 is 1.89 bits per heavy atom. The van der Waals surface area contributed by atoms with Crippen LogP contribution in [-0.2, 0) is 4.79 Å². The number of amides is 1. The first-order valence-corrected chi connectivity index (χ1v) is 10.0. The number of hydrogen-bond acceptors (Lipinski definition) is 6. The van der Waals surface area contributed by atoms with Gasteiger partial charge in [-0.2, -0.15) is 8.75 Å². The monoisotopic (exact) mass is 421 g/mol. The number of hydrogen-bond donors (Lipinski definition) is 1. The van der Waals surface area contributed by atoms with Crippen LogP contribution in [0.25, 0.3) is 11.0 Å². The first kappa shape index (κ1) is 18.4. The molecule has 2 aromatic carbocycles. The highest BCUT2D eigenvalue weighted by molar-refractivity contribution is 7.00. The van der Waals surface area contributed by atoms with Crippen molar-refractivity contribution in [1.82, 2.24) is 13.6 Å². The van der Waals surface area contributed by atoms with Crippen LogP contribution >= 0.6 is 34.9 Å². The van der Waals surface area contributed by atoms with Crippen molar-refractivity contribution in [2.24, 2.45) is 0 Å². The van der Waals surface area contributed by atoms with Gasteiger partial charge in [-0.05, 0) is 30.3 Å². The molecule has 0 aliphatic carbocycles. The third-order valence-corrected chi connectivity index (χ3v) is 5.85. The molecule has 3 aromatic rings. The number of piperazine rings is 1. The van der Waals surface area contributed by atoms with Crippen LogP contribution in [0.3, 0.4) is 0 Å². The van der Waals surface area contributed by atoms with E-state index in [1.165, 1.54) is 0 Å². The summed E-state index contributed by atoms with van der Waals surface area (Å²) in [5, 5.41) is 4.07. The maximum absolute atomic E-state index is 12.4. The summed E-state index contributed by atoms with van der Waals surface area (Å²) in [4.78, 5) is 16.8. The normalized spacial score (nSPS) is 15.3. The fourth-order valence-electron chi connectivity index (χ4n) is 3.15. The van der Waals surface area contributed by atoms with E-state index in [2.05, 4.69) is 23.9 Å². The predicted molar refractivity (Wildman–Crippen MR) is 111 cm³/mol. The highest BCUT2D eigenvalue weighted by Crippen LogP contribution is 2.27. The largest absolute Gasteiger partial charge is 0.369 e. The molecule has 1 aromatic heterocycles. The smallest absolute Gasteiger partial charge is 0.238 e. The van der Waals surface area contributed by atoms with Gasteiger partial charge in [0.2, 0.25) is 5.91 Å². The lowest BCUT2D eigenvalue weighted by Crippen LogP contribution is -2.48. The number of nitrogens with zero attached hydrogens (tertiary/aromatic N) is 4. The van der Waals surface area contributed by atoms with Gasteiger partial charge in [0.1, 0.15) is 11.0 Å². The molecule has 9 heteroatoms. The number of aromatic nitrogens is 2. The molecule has 0 bridgehead atoms. The first-order chi connectivity index (χ1) is 13.1. The summed E-state index contributed by atoms with van der Waals surface area (Å²) < 4.78 is 8.45. The molecule has 0 saturated carbocycles. The Morgan fingerprint density at radius 3 is 2.67 bits per heavy atom. The molecule has 1 aliphatic heterocycles. The Morgan fingerprint density at radius 1 is 1.07 bits per heavy atom. The Balaban J connectivity index is 1.33. The molecule has 27 heavy (non-hydrogen) atoms. The summed E-state index contributed by atoms with van der Waals surface area (Å²) in [5.41, 5.74) is 3.30. The quantitative estimate of drug-likeness (QED) is 0.694. The minimum absolute atomic E-state index is 0.0431. The van der Waals surface area contributed by atoms with E-state index in [0.717, 1.165) is 54.6 Å². The van der Waals surface area contributed by atoms with E-state index in [9.17, 15) is 4.79 Å². The van der Waals surface area contributed by atoms with E-state index in [4.69, 9.17) is 23.2 Å². The fourth-order valence-corrected chi connectivity index (χ4v) is 3.99. The third-order valence-electron chi connectivity index (χ3n) is 4.57. The number of anilines is 2. The molecule has 1 saturated heterocycles. The highest BCUT2D eigenvalue weighted by Gasteiger charge is 2.20. The van der Waals surface area contributed by atoms with Gasteiger partial charge < -0.3 is 10.2 Å². The van der Waals surface area contributed by atoms with E-state index < -0.39 is 0 Å². The summed E-state index contributed by atoms with van der Waals surface area (Å²) in [6.45, 7) is 3.61. The van der Waals surface area contributed by atoms with Gasteiger partial charge in [0, 0.05) is 31.9 Å². The van der Waals surface area contributed by atoms with Crippen LogP contribution < -0.4 is 10.2 Å². The molecule has 0 radical (unpaired) electrons. The number of benzene rings is 2. The fraction of sp³-hybridized carbons (Fsp3) is 0.278. The molecule has 6 nitrogen and oxygen atoms in total. The first-order valence-electron chi connectivity index (χ1n) is 8.53. The van der Waals surface area contributed by atoms with Gasteiger partial charge in [-0.3, -0.25) is 9.69 Å². The Hall–Kier alpha value is -1.93. The second kappa shape index (κ2) is 7.98. The predicted octanol–water partition coefficient (Wildman–Crippen LogP) is 3.76. The van der Waals surface area contributed by atoms with Crippen molar-refractivity contribution in [2.45, 2.75) is 0 Å². The Bertz CT molecular complexity index is 971. The van der Waals surface area contributed by atoms with Crippen LogP contribution in [-0.4, -0.2) is 52.3 Å².